The summed E-state index contributed by atoms with van der Waals surface area (Å²) in [5, 5.41) is 0. The van der Waals surface area contributed by atoms with E-state index in [0.29, 0.717) is 5.92 Å². The summed E-state index contributed by atoms with van der Waals surface area (Å²) in [6, 6.07) is 6.61. The van der Waals surface area contributed by atoms with Crippen molar-refractivity contribution in [2.75, 3.05) is 0 Å². The molecular weight excluding hydrogens is 164 g/mol. The zero-order valence-electron chi connectivity index (χ0n) is 7.96. The van der Waals surface area contributed by atoms with Crippen LogP contribution in [0.15, 0.2) is 18.2 Å². The molecule has 0 fully saturated rings. The van der Waals surface area contributed by atoms with Crippen molar-refractivity contribution in [2.45, 2.75) is 32.4 Å². The van der Waals surface area contributed by atoms with Crippen molar-refractivity contribution >= 4 is 12.6 Å². The van der Waals surface area contributed by atoms with Crippen molar-refractivity contribution in [3.63, 3.8) is 0 Å². The van der Waals surface area contributed by atoms with Gasteiger partial charge in [-0.3, -0.25) is 0 Å². The summed E-state index contributed by atoms with van der Waals surface area (Å²) in [6.07, 6.45) is 0. The number of hydrogen-bond donors (Lipinski definition) is 1. The van der Waals surface area contributed by atoms with Gasteiger partial charge >= 0.3 is 0 Å². The van der Waals surface area contributed by atoms with Gasteiger partial charge in [0.1, 0.15) is 0 Å². The topological polar surface area (TPSA) is 0 Å². The van der Waals surface area contributed by atoms with Crippen molar-refractivity contribution in [1.29, 1.82) is 0 Å². The largest absolute Gasteiger partial charge is 0.175 e. The van der Waals surface area contributed by atoms with Gasteiger partial charge in [-0.05, 0) is 24.0 Å². The molecule has 0 nitrogen and oxygen atoms in total. The second-order valence-corrected chi connectivity index (χ2v) is 3.83. The fourth-order valence-electron chi connectivity index (χ4n) is 1.43. The lowest BCUT2D eigenvalue weighted by Gasteiger charge is -2.11. The number of rotatable bonds is 2. The molecule has 0 unspecified atom stereocenters. The monoisotopic (exact) mass is 180 g/mol. The van der Waals surface area contributed by atoms with Crippen molar-refractivity contribution < 1.29 is 0 Å². The first-order valence-electron chi connectivity index (χ1n) is 4.35. The summed E-state index contributed by atoms with van der Waals surface area (Å²) in [7, 11) is 0. The zero-order chi connectivity index (χ0) is 9.14. The minimum Gasteiger partial charge on any atom is -0.175 e. The molecule has 0 aliphatic carbocycles. The predicted octanol–water partition coefficient (Wildman–Crippen LogP) is 3.55. The highest BCUT2D eigenvalue weighted by Gasteiger charge is 2.04. The van der Waals surface area contributed by atoms with Crippen molar-refractivity contribution in [1.82, 2.24) is 0 Å². The van der Waals surface area contributed by atoms with Crippen LogP contribution in [0.3, 0.4) is 0 Å². The van der Waals surface area contributed by atoms with Crippen LogP contribution >= 0.6 is 12.6 Å². The van der Waals surface area contributed by atoms with Crippen LogP contribution in [0.25, 0.3) is 0 Å². The maximum atomic E-state index is 4.32. The van der Waals surface area contributed by atoms with E-state index in [1.165, 1.54) is 16.7 Å². The minimum absolute atomic E-state index is 0.604. The lowest BCUT2D eigenvalue weighted by molar-refractivity contribution is 0.854. The normalized spacial score (nSPS) is 10.8. The molecule has 1 heteroatoms. The van der Waals surface area contributed by atoms with Crippen LogP contribution in [0.2, 0.25) is 0 Å². The Labute approximate surface area is 80.4 Å². The third-order valence-corrected chi connectivity index (χ3v) is 2.43. The Hall–Kier alpha value is -0.430. The smallest absolute Gasteiger partial charge is 0.0157 e. The van der Waals surface area contributed by atoms with E-state index in [-0.39, 0.29) is 0 Å². The minimum atomic E-state index is 0.604. The molecule has 0 atom stereocenters. The molecule has 0 radical (unpaired) electrons. The Bertz CT molecular complexity index is 264. The summed E-state index contributed by atoms with van der Waals surface area (Å²) < 4.78 is 0. The standard InChI is InChI=1S/C11H16S/c1-8(2)11-5-4-9(3)6-10(11)7-12/h4-6,8,12H,7H2,1-3H3. The molecule has 1 rings (SSSR count). The molecule has 0 spiro atoms. The fraction of sp³-hybridized carbons (Fsp3) is 0.455. The zero-order valence-corrected chi connectivity index (χ0v) is 8.86. The van der Waals surface area contributed by atoms with Gasteiger partial charge in [0.25, 0.3) is 0 Å². The number of hydrogen-bond acceptors (Lipinski definition) is 1. The first-order chi connectivity index (χ1) is 5.65. The average molecular weight is 180 g/mol. The van der Waals surface area contributed by atoms with Gasteiger partial charge in [-0.25, -0.2) is 0 Å². The van der Waals surface area contributed by atoms with Crippen LogP contribution < -0.4 is 0 Å². The quantitative estimate of drug-likeness (QED) is 0.661. The fourth-order valence-corrected chi connectivity index (χ4v) is 1.71. The Kier molecular flexibility index (Phi) is 3.21. The predicted molar refractivity (Wildman–Crippen MR) is 58.0 cm³/mol. The second kappa shape index (κ2) is 3.99. The summed E-state index contributed by atoms with van der Waals surface area (Å²) in [4.78, 5) is 0. The van der Waals surface area contributed by atoms with Crippen molar-refractivity contribution in [2.24, 2.45) is 0 Å². The molecule has 0 aliphatic heterocycles. The van der Waals surface area contributed by atoms with E-state index >= 15 is 0 Å². The average Bonchev–Trinajstić information content (AvgIpc) is 2.03. The van der Waals surface area contributed by atoms with Gasteiger partial charge in [-0.1, -0.05) is 37.6 Å². The lowest BCUT2D eigenvalue weighted by atomic mass is 9.96. The Morgan fingerprint density at radius 1 is 1.33 bits per heavy atom. The molecule has 66 valence electrons. The lowest BCUT2D eigenvalue weighted by Crippen LogP contribution is -1.94. The van der Waals surface area contributed by atoms with Crippen molar-refractivity contribution in [3.8, 4) is 0 Å². The summed E-state index contributed by atoms with van der Waals surface area (Å²) in [5.41, 5.74) is 4.12. The summed E-state index contributed by atoms with van der Waals surface area (Å²) in [6.45, 7) is 6.56. The van der Waals surface area contributed by atoms with E-state index in [2.05, 4.69) is 51.6 Å². The van der Waals surface area contributed by atoms with Gasteiger partial charge in [0, 0.05) is 5.75 Å². The van der Waals surface area contributed by atoms with Gasteiger partial charge in [-0.2, -0.15) is 12.6 Å². The van der Waals surface area contributed by atoms with Crippen LogP contribution in [-0.2, 0) is 5.75 Å². The maximum absolute atomic E-state index is 4.32. The Morgan fingerprint density at radius 2 is 2.00 bits per heavy atom. The van der Waals surface area contributed by atoms with E-state index in [0.717, 1.165) is 5.75 Å². The Morgan fingerprint density at radius 3 is 2.50 bits per heavy atom. The van der Waals surface area contributed by atoms with Gasteiger partial charge < -0.3 is 0 Å². The summed E-state index contributed by atoms with van der Waals surface area (Å²) in [5.74, 6) is 1.45. The molecule has 0 aliphatic rings. The molecular formula is C11H16S. The van der Waals surface area contributed by atoms with Crippen LogP contribution in [0.1, 0.15) is 36.5 Å². The molecule has 0 bridgehead atoms. The molecule has 0 N–H and O–H groups in total. The third-order valence-electron chi connectivity index (χ3n) is 2.09. The highest BCUT2D eigenvalue weighted by Crippen LogP contribution is 2.21. The highest BCUT2D eigenvalue weighted by atomic mass is 32.1. The van der Waals surface area contributed by atoms with E-state index < -0.39 is 0 Å². The molecule has 1 aromatic rings. The van der Waals surface area contributed by atoms with Crippen LogP contribution in [0.4, 0.5) is 0 Å². The Balaban J connectivity index is 3.11. The molecule has 1 aromatic carbocycles. The van der Waals surface area contributed by atoms with E-state index in [4.69, 9.17) is 0 Å². The van der Waals surface area contributed by atoms with Crippen LogP contribution in [0.5, 0.6) is 0 Å². The van der Waals surface area contributed by atoms with Gasteiger partial charge in [0.05, 0.1) is 0 Å². The highest BCUT2D eigenvalue weighted by molar-refractivity contribution is 7.79. The SMILES string of the molecule is Cc1ccc(C(C)C)c(CS)c1. The molecule has 0 heterocycles. The molecule has 12 heavy (non-hydrogen) atoms. The number of aryl methyl sites for hydroxylation is 1. The number of benzene rings is 1. The van der Waals surface area contributed by atoms with E-state index in [1.54, 1.807) is 0 Å². The molecule has 0 saturated carbocycles. The first kappa shape index (κ1) is 9.66. The third kappa shape index (κ3) is 2.04. The molecule has 0 amide bonds. The van der Waals surface area contributed by atoms with Gasteiger partial charge in [-0.15, -0.1) is 0 Å². The van der Waals surface area contributed by atoms with Crippen LogP contribution in [0, 0.1) is 6.92 Å². The molecule has 0 aromatic heterocycles. The van der Waals surface area contributed by atoms with Gasteiger partial charge in [0.2, 0.25) is 0 Å². The van der Waals surface area contributed by atoms with Crippen molar-refractivity contribution in [3.05, 3.63) is 34.9 Å². The first-order valence-corrected chi connectivity index (χ1v) is 4.98. The van der Waals surface area contributed by atoms with Crippen LogP contribution in [-0.4, -0.2) is 0 Å². The van der Waals surface area contributed by atoms with E-state index in [1.807, 2.05) is 0 Å². The van der Waals surface area contributed by atoms with Gasteiger partial charge in [0.15, 0.2) is 0 Å². The molecule has 0 saturated heterocycles. The number of thiol groups is 1. The second-order valence-electron chi connectivity index (χ2n) is 3.52. The maximum Gasteiger partial charge on any atom is 0.0157 e. The summed E-state index contributed by atoms with van der Waals surface area (Å²) >= 11 is 4.32. The van der Waals surface area contributed by atoms with E-state index in [9.17, 15) is 0 Å².